The van der Waals surface area contributed by atoms with Crippen LogP contribution in [0.5, 0.6) is 11.5 Å². The Kier molecular flexibility index (Phi) is 5.27. The molecule has 0 unspecified atom stereocenters. The molecule has 0 aliphatic carbocycles. The van der Waals surface area contributed by atoms with Crippen LogP contribution in [0.25, 0.3) is 0 Å². The fourth-order valence-corrected chi connectivity index (χ4v) is 2.13. The van der Waals surface area contributed by atoms with E-state index in [1.165, 1.54) is 6.07 Å². The molecule has 0 aromatic heterocycles. The summed E-state index contributed by atoms with van der Waals surface area (Å²) >= 11 is 6.01. The number of rotatable bonds is 6. The van der Waals surface area contributed by atoms with Crippen molar-refractivity contribution >= 4 is 23.5 Å². The van der Waals surface area contributed by atoms with Gasteiger partial charge in [-0.25, -0.2) is 0 Å². The quantitative estimate of drug-likeness (QED) is 0.643. The molecule has 0 saturated carbocycles. The number of benzene rings is 1. The van der Waals surface area contributed by atoms with E-state index in [-0.39, 0.29) is 25.1 Å². The van der Waals surface area contributed by atoms with Gasteiger partial charge in [0.1, 0.15) is 0 Å². The fourth-order valence-electron chi connectivity index (χ4n) is 1.87. The molecule has 6 nitrogen and oxygen atoms in total. The Morgan fingerprint density at radius 1 is 1.38 bits per heavy atom. The van der Waals surface area contributed by atoms with Crippen LogP contribution in [0.4, 0.5) is 0 Å². The van der Waals surface area contributed by atoms with E-state index >= 15 is 0 Å². The summed E-state index contributed by atoms with van der Waals surface area (Å²) < 4.78 is 15.2. The summed E-state index contributed by atoms with van der Waals surface area (Å²) in [7, 11) is 0. The summed E-state index contributed by atoms with van der Waals surface area (Å²) in [5.41, 5.74) is 0.389. The topological polar surface area (TPSA) is 73.9 Å². The molecule has 0 spiro atoms. The van der Waals surface area contributed by atoms with Crippen molar-refractivity contribution < 1.29 is 23.8 Å². The van der Waals surface area contributed by atoms with Crippen LogP contribution in [-0.2, 0) is 9.53 Å². The molecule has 21 heavy (non-hydrogen) atoms. The van der Waals surface area contributed by atoms with Crippen LogP contribution in [0.15, 0.2) is 12.1 Å². The predicted molar refractivity (Wildman–Crippen MR) is 75.8 cm³/mol. The summed E-state index contributed by atoms with van der Waals surface area (Å²) in [6.45, 7) is 2.59. The Morgan fingerprint density at radius 2 is 2.19 bits per heavy atom. The molecule has 2 rings (SSSR count). The standard InChI is InChI=1S/C14H16ClNO5/c1-2-19-12(17)4-3-5-16-14(18)9-6-10(15)13-11(7-9)20-8-21-13/h6-7H,2-5,8H2,1H3,(H,16,18). The number of carbonyl (C=O) groups is 2. The zero-order valence-corrected chi connectivity index (χ0v) is 12.4. The molecule has 0 bridgehead atoms. The highest BCUT2D eigenvalue weighted by molar-refractivity contribution is 6.32. The van der Waals surface area contributed by atoms with E-state index in [0.717, 1.165) is 0 Å². The first-order valence-electron chi connectivity index (χ1n) is 6.64. The first-order valence-corrected chi connectivity index (χ1v) is 7.02. The summed E-state index contributed by atoms with van der Waals surface area (Å²) in [5, 5.41) is 3.05. The van der Waals surface area contributed by atoms with Crippen LogP contribution in [0.1, 0.15) is 30.1 Å². The van der Waals surface area contributed by atoms with Crippen molar-refractivity contribution in [3.05, 3.63) is 22.7 Å². The maximum atomic E-state index is 12.0. The second kappa shape index (κ2) is 7.17. The molecule has 1 aliphatic rings. The largest absolute Gasteiger partial charge is 0.466 e. The van der Waals surface area contributed by atoms with Crippen molar-refractivity contribution in [3.63, 3.8) is 0 Å². The van der Waals surface area contributed by atoms with Gasteiger partial charge >= 0.3 is 5.97 Å². The lowest BCUT2D eigenvalue weighted by Gasteiger charge is -2.07. The molecule has 0 saturated heterocycles. The molecule has 0 radical (unpaired) electrons. The SMILES string of the molecule is CCOC(=O)CCCNC(=O)c1cc(Cl)c2c(c1)OCO2. The van der Waals surface area contributed by atoms with Gasteiger partial charge in [0.25, 0.3) is 5.91 Å². The van der Waals surface area contributed by atoms with Crippen molar-refractivity contribution in [2.75, 3.05) is 19.9 Å². The highest BCUT2D eigenvalue weighted by Crippen LogP contribution is 2.39. The van der Waals surface area contributed by atoms with Crippen molar-refractivity contribution in [1.29, 1.82) is 0 Å². The first-order chi connectivity index (χ1) is 10.1. The number of esters is 1. The zero-order valence-electron chi connectivity index (χ0n) is 11.6. The molecule has 0 atom stereocenters. The van der Waals surface area contributed by atoms with E-state index in [0.29, 0.717) is 41.7 Å². The monoisotopic (exact) mass is 313 g/mol. The molecule has 1 N–H and O–H groups in total. The van der Waals surface area contributed by atoms with Crippen LogP contribution in [0, 0.1) is 0 Å². The van der Waals surface area contributed by atoms with Gasteiger partial charge < -0.3 is 19.5 Å². The average Bonchev–Trinajstić information content (AvgIpc) is 2.92. The smallest absolute Gasteiger partial charge is 0.305 e. The van der Waals surface area contributed by atoms with Crippen LogP contribution >= 0.6 is 11.6 Å². The van der Waals surface area contributed by atoms with Crippen LogP contribution in [0.3, 0.4) is 0 Å². The third-order valence-electron chi connectivity index (χ3n) is 2.84. The first kappa shape index (κ1) is 15.4. The van der Waals surface area contributed by atoms with Crippen LogP contribution < -0.4 is 14.8 Å². The van der Waals surface area contributed by atoms with Gasteiger partial charge in [0.2, 0.25) is 6.79 Å². The maximum absolute atomic E-state index is 12.0. The van der Waals surface area contributed by atoms with Gasteiger partial charge in [-0.2, -0.15) is 0 Å². The lowest BCUT2D eigenvalue weighted by Crippen LogP contribution is -2.25. The second-order valence-corrected chi connectivity index (χ2v) is 4.76. The van der Waals surface area contributed by atoms with Gasteiger partial charge in [-0.3, -0.25) is 9.59 Å². The third kappa shape index (κ3) is 4.01. The Bertz CT molecular complexity index is 546. The van der Waals surface area contributed by atoms with E-state index < -0.39 is 0 Å². The molecular weight excluding hydrogens is 298 g/mol. The van der Waals surface area contributed by atoms with Gasteiger partial charge in [-0.1, -0.05) is 11.6 Å². The number of fused-ring (bicyclic) bond motifs is 1. The Balaban J connectivity index is 1.84. The molecule has 1 aliphatic heterocycles. The normalized spacial score (nSPS) is 12.1. The summed E-state index contributed by atoms with van der Waals surface area (Å²) in [5.74, 6) is 0.367. The number of ether oxygens (including phenoxy) is 3. The fraction of sp³-hybridized carbons (Fsp3) is 0.429. The van der Waals surface area contributed by atoms with E-state index in [2.05, 4.69) is 5.32 Å². The lowest BCUT2D eigenvalue weighted by molar-refractivity contribution is -0.143. The summed E-state index contributed by atoms with van der Waals surface area (Å²) in [6.07, 6.45) is 0.791. The molecule has 1 heterocycles. The third-order valence-corrected chi connectivity index (χ3v) is 3.12. The number of amides is 1. The van der Waals surface area contributed by atoms with Crippen LogP contribution in [-0.4, -0.2) is 31.8 Å². The number of halogens is 1. The molecule has 1 aromatic carbocycles. The molecule has 1 aromatic rings. The highest BCUT2D eigenvalue weighted by atomic mass is 35.5. The van der Waals surface area contributed by atoms with E-state index in [1.54, 1.807) is 13.0 Å². The minimum Gasteiger partial charge on any atom is -0.466 e. The van der Waals surface area contributed by atoms with Gasteiger partial charge in [-0.05, 0) is 25.5 Å². The molecular formula is C14H16ClNO5. The van der Waals surface area contributed by atoms with Crippen molar-refractivity contribution in [2.45, 2.75) is 19.8 Å². The second-order valence-electron chi connectivity index (χ2n) is 4.36. The Labute approximate surface area is 127 Å². The Hall–Kier alpha value is -1.95. The Morgan fingerprint density at radius 3 is 2.95 bits per heavy atom. The van der Waals surface area contributed by atoms with E-state index in [1.807, 2.05) is 0 Å². The van der Waals surface area contributed by atoms with Crippen LogP contribution in [0.2, 0.25) is 5.02 Å². The van der Waals surface area contributed by atoms with E-state index in [4.69, 9.17) is 25.8 Å². The van der Waals surface area contributed by atoms with Gasteiger partial charge in [-0.15, -0.1) is 0 Å². The van der Waals surface area contributed by atoms with Crippen molar-refractivity contribution in [3.8, 4) is 11.5 Å². The number of hydrogen-bond acceptors (Lipinski definition) is 5. The lowest BCUT2D eigenvalue weighted by atomic mass is 10.2. The van der Waals surface area contributed by atoms with Gasteiger partial charge in [0.15, 0.2) is 11.5 Å². The highest BCUT2D eigenvalue weighted by Gasteiger charge is 2.20. The maximum Gasteiger partial charge on any atom is 0.305 e. The summed E-state index contributed by atoms with van der Waals surface area (Å²) in [4.78, 5) is 23.1. The average molecular weight is 314 g/mol. The predicted octanol–water partition coefficient (Wildman–Crippen LogP) is 2.14. The number of nitrogens with one attached hydrogen (secondary N) is 1. The molecule has 7 heteroatoms. The molecule has 1 amide bonds. The minimum atomic E-state index is -0.279. The van der Waals surface area contributed by atoms with Gasteiger partial charge in [0.05, 0.1) is 11.6 Å². The summed E-state index contributed by atoms with van der Waals surface area (Å²) in [6, 6.07) is 3.10. The van der Waals surface area contributed by atoms with E-state index in [9.17, 15) is 9.59 Å². The molecule has 0 fully saturated rings. The molecule has 114 valence electrons. The van der Waals surface area contributed by atoms with Gasteiger partial charge in [0, 0.05) is 18.5 Å². The van der Waals surface area contributed by atoms with Crippen molar-refractivity contribution in [2.24, 2.45) is 0 Å². The van der Waals surface area contributed by atoms with Crippen molar-refractivity contribution in [1.82, 2.24) is 5.32 Å². The zero-order chi connectivity index (χ0) is 15.2. The number of hydrogen-bond donors (Lipinski definition) is 1. The minimum absolute atomic E-state index is 0.0969. The number of carbonyl (C=O) groups excluding carboxylic acids is 2.